The summed E-state index contributed by atoms with van der Waals surface area (Å²) >= 11 is 0. The zero-order chi connectivity index (χ0) is 15.9. The minimum atomic E-state index is 0.0497. The molecule has 4 heteroatoms. The van der Waals surface area contributed by atoms with Gasteiger partial charge in [0.05, 0.1) is 14.2 Å². The summed E-state index contributed by atoms with van der Waals surface area (Å²) in [6, 6.07) is 5.96. The van der Waals surface area contributed by atoms with Crippen LogP contribution in [0.5, 0.6) is 11.5 Å². The number of carbonyl (C=O) groups is 1. The number of amides is 1. The zero-order valence-electron chi connectivity index (χ0n) is 13.7. The van der Waals surface area contributed by atoms with Crippen LogP contribution in [0.2, 0.25) is 0 Å². The van der Waals surface area contributed by atoms with Gasteiger partial charge in [0.15, 0.2) is 0 Å². The number of rotatable bonds is 5. The van der Waals surface area contributed by atoms with Crippen molar-refractivity contribution in [2.75, 3.05) is 21.3 Å². The lowest BCUT2D eigenvalue weighted by Crippen LogP contribution is -2.37. The van der Waals surface area contributed by atoms with Gasteiger partial charge in [-0.2, -0.15) is 0 Å². The molecule has 1 aliphatic carbocycles. The van der Waals surface area contributed by atoms with Gasteiger partial charge in [-0.15, -0.1) is 0 Å². The van der Waals surface area contributed by atoms with Crippen molar-refractivity contribution in [1.82, 2.24) is 4.90 Å². The maximum atomic E-state index is 12.3. The Labute approximate surface area is 132 Å². The summed E-state index contributed by atoms with van der Waals surface area (Å²) in [5, 5.41) is 0. The molecule has 4 nitrogen and oxygen atoms in total. The molecular formula is C18H25NO3. The standard InChI is InChI=1S/C18H25NO3/c1-19(15-7-5-4-6-8-15)18(20)10-9-14-11-16(21-2)13-17(12-14)22-3/h9-13,15H,4-8H2,1-3H3/b10-9+. The van der Waals surface area contributed by atoms with Crippen LogP contribution in [0.4, 0.5) is 0 Å². The van der Waals surface area contributed by atoms with Crippen molar-refractivity contribution in [3.8, 4) is 11.5 Å². The van der Waals surface area contributed by atoms with E-state index in [-0.39, 0.29) is 5.91 Å². The van der Waals surface area contributed by atoms with Gasteiger partial charge in [0, 0.05) is 25.2 Å². The van der Waals surface area contributed by atoms with Crippen molar-refractivity contribution in [2.24, 2.45) is 0 Å². The number of carbonyl (C=O) groups excluding carboxylic acids is 1. The summed E-state index contributed by atoms with van der Waals surface area (Å²) in [4.78, 5) is 14.2. The van der Waals surface area contributed by atoms with Crippen molar-refractivity contribution in [3.63, 3.8) is 0 Å². The first-order valence-corrected chi connectivity index (χ1v) is 7.82. The van der Waals surface area contributed by atoms with Crippen LogP contribution in [0.15, 0.2) is 24.3 Å². The van der Waals surface area contributed by atoms with Crippen LogP contribution in [0.25, 0.3) is 6.08 Å². The number of ether oxygens (including phenoxy) is 2. The minimum Gasteiger partial charge on any atom is -0.497 e. The van der Waals surface area contributed by atoms with Gasteiger partial charge in [0.25, 0.3) is 0 Å². The zero-order valence-corrected chi connectivity index (χ0v) is 13.7. The summed E-state index contributed by atoms with van der Waals surface area (Å²) in [7, 11) is 5.13. The summed E-state index contributed by atoms with van der Waals surface area (Å²) < 4.78 is 10.5. The highest BCUT2D eigenvalue weighted by Crippen LogP contribution is 2.24. The maximum Gasteiger partial charge on any atom is 0.246 e. The highest BCUT2D eigenvalue weighted by atomic mass is 16.5. The molecule has 1 aliphatic rings. The highest BCUT2D eigenvalue weighted by molar-refractivity contribution is 5.91. The fraction of sp³-hybridized carbons (Fsp3) is 0.500. The van der Waals surface area contributed by atoms with E-state index in [0.29, 0.717) is 17.5 Å². The van der Waals surface area contributed by atoms with Crippen LogP contribution in [-0.4, -0.2) is 38.1 Å². The largest absolute Gasteiger partial charge is 0.497 e. The molecule has 0 bridgehead atoms. The molecule has 0 saturated heterocycles. The van der Waals surface area contributed by atoms with E-state index in [9.17, 15) is 4.79 Å². The lowest BCUT2D eigenvalue weighted by Gasteiger charge is -2.30. The van der Waals surface area contributed by atoms with Crippen molar-refractivity contribution < 1.29 is 14.3 Å². The number of likely N-dealkylation sites (N-methyl/N-ethyl adjacent to an activating group) is 1. The van der Waals surface area contributed by atoms with Crippen molar-refractivity contribution in [2.45, 2.75) is 38.1 Å². The topological polar surface area (TPSA) is 38.8 Å². The van der Waals surface area contributed by atoms with Gasteiger partial charge in [0.2, 0.25) is 5.91 Å². The molecule has 0 heterocycles. The number of nitrogens with zero attached hydrogens (tertiary/aromatic N) is 1. The molecule has 0 aromatic heterocycles. The van der Waals surface area contributed by atoms with Crippen LogP contribution in [-0.2, 0) is 4.79 Å². The summed E-state index contributed by atoms with van der Waals surface area (Å²) in [6.45, 7) is 0. The van der Waals surface area contributed by atoms with Gasteiger partial charge in [-0.1, -0.05) is 19.3 Å². The molecule has 0 radical (unpaired) electrons. The Balaban J connectivity index is 2.05. The fourth-order valence-electron chi connectivity index (χ4n) is 2.86. The van der Waals surface area contributed by atoms with E-state index in [0.717, 1.165) is 18.4 Å². The van der Waals surface area contributed by atoms with Crippen LogP contribution >= 0.6 is 0 Å². The first kappa shape index (κ1) is 16.4. The average Bonchev–Trinajstić information content (AvgIpc) is 2.59. The summed E-state index contributed by atoms with van der Waals surface area (Å²) in [5.41, 5.74) is 0.890. The lowest BCUT2D eigenvalue weighted by molar-refractivity contribution is -0.127. The molecule has 1 saturated carbocycles. The Morgan fingerprint density at radius 2 is 1.68 bits per heavy atom. The van der Waals surface area contributed by atoms with Gasteiger partial charge in [-0.05, 0) is 36.6 Å². The van der Waals surface area contributed by atoms with Crippen molar-refractivity contribution in [3.05, 3.63) is 29.8 Å². The van der Waals surface area contributed by atoms with Gasteiger partial charge in [-0.3, -0.25) is 4.79 Å². The van der Waals surface area contributed by atoms with E-state index in [1.54, 1.807) is 20.3 Å². The van der Waals surface area contributed by atoms with Crippen LogP contribution in [0.3, 0.4) is 0 Å². The van der Waals surface area contributed by atoms with Crippen molar-refractivity contribution >= 4 is 12.0 Å². The molecule has 1 amide bonds. The molecule has 0 unspecified atom stereocenters. The van der Waals surface area contributed by atoms with E-state index in [1.165, 1.54) is 19.3 Å². The Kier molecular flexibility index (Phi) is 5.87. The second kappa shape index (κ2) is 7.87. The summed E-state index contributed by atoms with van der Waals surface area (Å²) in [5.74, 6) is 1.48. The molecule has 2 rings (SSSR count). The van der Waals surface area contributed by atoms with Gasteiger partial charge < -0.3 is 14.4 Å². The number of hydrogen-bond donors (Lipinski definition) is 0. The highest BCUT2D eigenvalue weighted by Gasteiger charge is 2.20. The van der Waals surface area contributed by atoms with Gasteiger partial charge in [0.1, 0.15) is 11.5 Å². The predicted molar refractivity (Wildman–Crippen MR) is 88.2 cm³/mol. The molecule has 120 valence electrons. The second-order valence-corrected chi connectivity index (χ2v) is 5.72. The molecule has 0 spiro atoms. The molecule has 1 aromatic carbocycles. The lowest BCUT2D eigenvalue weighted by atomic mass is 9.94. The van der Waals surface area contributed by atoms with E-state index in [1.807, 2.05) is 36.2 Å². The van der Waals surface area contributed by atoms with Gasteiger partial charge in [-0.25, -0.2) is 0 Å². The van der Waals surface area contributed by atoms with Crippen molar-refractivity contribution in [1.29, 1.82) is 0 Å². The predicted octanol–water partition coefficient (Wildman–Crippen LogP) is 3.51. The first-order chi connectivity index (χ1) is 10.6. The fourth-order valence-corrected chi connectivity index (χ4v) is 2.86. The Morgan fingerprint density at radius 3 is 2.23 bits per heavy atom. The molecule has 1 aromatic rings. The molecule has 0 aliphatic heterocycles. The minimum absolute atomic E-state index is 0.0497. The third-order valence-electron chi connectivity index (χ3n) is 4.26. The van der Waals surface area contributed by atoms with E-state index < -0.39 is 0 Å². The van der Waals surface area contributed by atoms with E-state index in [4.69, 9.17) is 9.47 Å². The maximum absolute atomic E-state index is 12.3. The van der Waals surface area contributed by atoms with E-state index in [2.05, 4.69) is 0 Å². The third kappa shape index (κ3) is 4.26. The molecule has 0 atom stereocenters. The Bertz CT molecular complexity index is 511. The smallest absolute Gasteiger partial charge is 0.246 e. The Morgan fingerprint density at radius 1 is 1.09 bits per heavy atom. The summed E-state index contributed by atoms with van der Waals surface area (Å²) in [6.07, 6.45) is 9.40. The number of methoxy groups -OCH3 is 2. The molecule has 0 N–H and O–H groups in total. The van der Waals surface area contributed by atoms with Gasteiger partial charge >= 0.3 is 0 Å². The number of benzene rings is 1. The molecule has 22 heavy (non-hydrogen) atoms. The molecular weight excluding hydrogens is 278 g/mol. The van der Waals surface area contributed by atoms with Crippen LogP contribution in [0, 0.1) is 0 Å². The number of hydrogen-bond acceptors (Lipinski definition) is 3. The monoisotopic (exact) mass is 303 g/mol. The van der Waals surface area contributed by atoms with Crippen LogP contribution in [0.1, 0.15) is 37.7 Å². The quantitative estimate of drug-likeness (QED) is 0.781. The van der Waals surface area contributed by atoms with E-state index >= 15 is 0 Å². The second-order valence-electron chi connectivity index (χ2n) is 5.72. The first-order valence-electron chi connectivity index (χ1n) is 7.82. The Hall–Kier alpha value is -1.97. The normalized spacial score (nSPS) is 15.8. The third-order valence-corrected chi connectivity index (χ3v) is 4.26. The molecule has 1 fully saturated rings. The SMILES string of the molecule is COc1cc(/C=C/C(=O)N(C)C2CCCCC2)cc(OC)c1. The van der Waals surface area contributed by atoms with Crippen LogP contribution < -0.4 is 9.47 Å². The average molecular weight is 303 g/mol.